The summed E-state index contributed by atoms with van der Waals surface area (Å²) in [4.78, 5) is 18.3. The molecule has 1 fully saturated rings. The Morgan fingerprint density at radius 2 is 1.83 bits per heavy atom. The van der Waals surface area contributed by atoms with E-state index >= 15 is 0 Å². The van der Waals surface area contributed by atoms with Crippen LogP contribution in [0.2, 0.25) is 0 Å². The van der Waals surface area contributed by atoms with Gasteiger partial charge >= 0.3 is 0 Å². The lowest BCUT2D eigenvalue weighted by atomic mass is 9.73. The molecule has 30 heavy (non-hydrogen) atoms. The molecule has 1 saturated carbocycles. The van der Waals surface area contributed by atoms with E-state index < -0.39 is 6.04 Å². The van der Waals surface area contributed by atoms with Crippen molar-refractivity contribution < 1.29 is 0 Å². The fourth-order valence-electron chi connectivity index (χ4n) is 3.87. The lowest BCUT2D eigenvalue weighted by molar-refractivity contribution is 0.253. The molecule has 1 aromatic carbocycles. The fourth-order valence-corrected chi connectivity index (χ4v) is 3.87. The van der Waals surface area contributed by atoms with E-state index in [1.54, 1.807) is 12.4 Å². The first-order valence-corrected chi connectivity index (χ1v) is 10.1. The smallest absolute Gasteiger partial charge is 0.168 e. The molecule has 0 bridgehead atoms. The van der Waals surface area contributed by atoms with Crippen LogP contribution in [0.1, 0.15) is 36.7 Å². The standard InChI is InChI=1S/C22H24N8/c23-12-16(24)19-27-13-18-21(29-19)30(20(28-18)17-4-1-2-11-26-17)15-7-5-14(6-8-15)22(25)9-3-10-22/h1-2,4-8,11,13,16H,3,9-10,12,23-25H2. The number of aromatic nitrogens is 5. The van der Waals surface area contributed by atoms with Crippen molar-refractivity contribution in [1.82, 2.24) is 24.5 Å². The van der Waals surface area contributed by atoms with Gasteiger partial charge in [0.05, 0.1) is 12.2 Å². The second-order valence-corrected chi connectivity index (χ2v) is 7.82. The zero-order valence-corrected chi connectivity index (χ0v) is 16.6. The molecule has 6 N–H and O–H groups in total. The quantitative estimate of drug-likeness (QED) is 0.467. The van der Waals surface area contributed by atoms with Gasteiger partial charge in [0.2, 0.25) is 0 Å². The van der Waals surface area contributed by atoms with Gasteiger partial charge in [-0.05, 0) is 49.1 Å². The summed E-state index contributed by atoms with van der Waals surface area (Å²) in [5, 5.41) is 0. The van der Waals surface area contributed by atoms with Crippen LogP contribution in [-0.2, 0) is 5.54 Å². The number of imidazole rings is 1. The number of nitrogens with two attached hydrogens (primary N) is 3. The molecule has 1 unspecified atom stereocenters. The molecule has 0 amide bonds. The molecule has 1 aliphatic rings. The molecule has 152 valence electrons. The first-order chi connectivity index (χ1) is 14.6. The van der Waals surface area contributed by atoms with Gasteiger partial charge in [0.1, 0.15) is 17.0 Å². The van der Waals surface area contributed by atoms with Crippen LogP contribution in [-0.4, -0.2) is 31.0 Å². The van der Waals surface area contributed by atoms with Crippen molar-refractivity contribution in [2.24, 2.45) is 17.2 Å². The highest BCUT2D eigenvalue weighted by Crippen LogP contribution is 2.39. The molecular weight excluding hydrogens is 376 g/mol. The average Bonchev–Trinajstić information content (AvgIpc) is 3.16. The maximum absolute atomic E-state index is 6.50. The van der Waals surface area contributed by atoms with E-state index in [4.69, 9.17) is 27.2 Å². The summed E-state index contributed by atoms with van der Waals surface area (Å²) in [7, 11) is 0. The summed E-state index contributed by atoms with van der Waals surface area (Å²) in [5.41, 5.74) is 22.3. The molecule has 0 aliphatic heterocycles. The summed E-state index contributed by atoms with van der Waals surface area (Å²) in [5.74, 6) is 1.18. The Morgan fingerprint density at radius 3 is 2.47 bits per heavy atom. The van der Waals surface area contributed by atoms with Crippen molar-refractivity contribution >= 4 is 11.2 Å². The van der Waals surface area contributed by atoms with Gasteiger partial charge in [-0.15, -0.1) is 0 Å². The number of hydrogen-bond acceptors (Lipinski definition) is 7. The Balaban J connectivity index is 1.69. The van der Waals surface area contributed by atoms with E-state index in [9.17, 15) is 0 Å². The molecule has 8 nitrogen and oxygen atoms in total. The van der Waals surface area contributed by atoms with Crippen LogP contribution in [0.15, 0.2) is 54.9 Å². The first-order valence-electron chi connectivity index (χ1n) is 10.1. The third-order valence-electron chi connectivity index (χ3n) is 5.84. The summed E-state index contributed by atoms with van der Waals surface area (Å²) in [6.07, 6.45) is 6.65. The largest absolute Gasteiger partial charge is 0.328 e. The van der Waals surface area contributed by atoms with Crippen molar-refractivity contribution in [2.75, 3.05) is 6.54 Å². The minimum Gasteiger partial charge on any atom is -0.328 e. The SMILES string of the molecule is NCC(N)c1ncc2nc(-c3ccccn3)n(-c3ccc(C4(N)CCC4)cc3)c2n1. The third kappa shape index (κ3) is 3.06. The van der Waals surface area contributed by atoms with Crippen LogP contribution < -0.4 is 17.2 Å². The van der Waals surface area contributed by atoms with Crippen molar-refractivity contribution in [3.8, 4) is 17.2 Å². The number of benzene rings is 1. The Bertz CT molecular complexity index is 1180. The minimum atomic E-state index is -0.436. The monoisotopic (exact) mass is 400 g/mol. The van der Waals surface area contributed by atoms with Crippen LogP contribution in [0, 0.1) is 0 Å². The van der Waals surface area contributed by atoms with Crippen molar-refractivity contribution in [3.05, 3.63) is 66.2 Å². The maximum atomic E-state index is 6.50. The van der Waals surface area contributed by atoms with E-state index in [1.165, 1.54) is 6.42 Å². The van der Waals surface area contributed by atoms with Crippen molar-refractivity contribution in [2.45, 2.75) is 30.8 Å². The Kier molecular flexibility index (Phi) is 4.54. The van der Waals surface area contributed by atoms with Gasteiger partial charge in [-0.25, -0.2) is 15.0 Å². The molecule has 0 spiro atoms. The summed E-state index contributed by atoms with van der Waals surface area (Å²) < 4.78 is 1.99. The normalized spacial score (nSPS) is 16.4. The van der Waals surface area contributed by atoms with Crippen molar-refractivity contribution in [1.29, 1.82) is 0 Å². The average molecular weight is 400 g/mol. The molecule has 0 saturated heterocycles. The molecule has 1 aliphatic carbocycles. The van der Waals surface area contributed by atoms with E-state index in [1.807, 2.05) is 22.8 Å². The Labute approximate surface area is 174 Å². The predicted molar refractivity (Wildman–Crippen MR) is 116 cm³/mol. The topological polar surface area (TPSA) is 135 Å². The van der Waals surface area contributed by atoms with Crippen LogP contribution in [0.3, 0.4) is 0 Å². The highest BCUT2D eigenvalue weighted by molar-refractivity contribution is 5.78. The van der Waals surface area contributed by atoms with Crippen LogP contribution in [0.25, 0.3) is 28.4 Å². The third-order valence-corrected chi connectivity index (χ3v) is 5.84. The van der Waals surface area contributed by atoms with Crippen LogP contribution in [0.4, 0.5) is 0 Å². The zero-order chi connectivity index (χ0) is 20.7. The van der Waals surface area contributed by atoms with Gasteiger partial charge in [-0.1, -0.05) is 18.2 Å². The highest BCUT2D eigenvalue weighted by atomic mass is 15.2. The van der Waals surface area contributed by atoms with E-state index in [0.29, 0.717) is 22.8 Å². The van der Waals surface area contributed by atoms with Gasteiger partial charge in [-0.2, -0.15) is 0 Å². The molecule has 0 radical (unpaired) electrons. The summed E-state index contributed by atoms with van der Waals surface area (Å²) in [6.45, 7) is 0.264. The number of nitrogens with zero attached hydrogens (tertiary/aromatic N) is 5. The number of rotatable bonds is 5. The number of hydrogen-bond donors (Lipinski definition) is 3. The van der Waals surface area contributed by atoms with Crippen LogP contribution >= 0.6 is 0 Å². The Morgan fingerprint density at radius 1 is 1.03 bits per heavy atom. The molecule has 3 aromatic heterocycles. The van der Waals surface area contributed by atoms with Gasteiger partial charge in [0, 0.05) is 24.0 Å². The van der Waals surface area contributed by atoms with E-state index in [-0.39, 0.29) is 12.1 Å². The molecule has 4 aromatic rings. The van der Waals surface area contributed by atoms with Crippen LogP contribution in [0.5, 0.6) is 0 Å². The van der Waals surface area contributed by atoms with E-state index in [0.717, 1.165) is 29.8 Å². The second-order valence-electron chi connectivity index (χ2n) is 7.82. The predicted octanol–water partition coefficient (Wildman–Crippen LogP) is 2.17. The second kappa shape index (κ2) is 7.24. The molecule has 5 rings (SSSR count). The number of fused-ring (bicyclic) bond motifs is 1. The maximum Gasteiger partial charge on any atom is 0.168 e. The van der Waals surface area contributed by atoms with E-state index in [2.05, 4.69) is 34.2 Å². The van der Waals surface area contributed by atoms with Gasteiger partial charge in [0.25, 0.3) is 0 Å². The lowest BCUT2D eigenvalue weighted by Gasteiger charge is -2.38. The summed E-state index contributed by atoms with van der Waals surface area (Å²) in [6, 6.07) is 13.6. The Hall–Kier alpha value is -3.20. The zero-order valence-electron chi connectivity index (χ0n) is 16.6. The lowest BCUT2D eigenvalue weighted by Crippen LogP contribution is -2.43. The fraction of sp³-hybridized carbons (Fsp3) is 0.273. The number of pyridine rings is 1. The highest BCUT2D eigenvalue weighted by Gasteiger charge is 2.34. The molecular formula is C22H24N8. The molecule has 8 heteroatoms. The van der Waals surface area contributed by atoms with Gasteiger partial charge in [0.15, 0.2) is 11.5 Å². The van der Waals surface area contributed by atoms with Gasteiger partial charge < -0.3 is 17.2 Å². The summed E-state index contributed by atoms with van der Waals surface area (Å²) >= 11 is 0. The molecule has 1 atom stereocenters. The molecule has 3 heterocycles. The first kappa shape index (κ1) is 18.8. The minimum absolute atomic E-state index is 0.206. The van der Waals surface area contributed by atoms with Gasteiger partial charge in [-0.3, -0.25) is 9.55 Å². The van der Waals surface area contributed by atoms with Crippen molar-refractivity contribution in [3.63, 3.8) is 0 Å².